The summed E-state index contributed by atoms with van der Waals surface area (Å²) in [7, 11) is 0. The number of aryl methyl sites for hydroxylation is 1. The highest BCUT2D eigenvalue weighted by Crippen LogP contribution is 2.35. The van der Waals surface area contributed by atoms with Crippen molar-refractivity contribution in [1.29, 1.82) is 0 Å². The number of nitrogens with zero attached hydrogens (tertiary/aromatic N) is 2. The van der Waals surface area contributed by atoms with Gasteiger partial charge in [0.15, 0.2) is 0 Å². The molecule has 1 amide bonds. The molecule has 0 saturated heterocycles. The van der Waals surface area contributed by atoms with Crippen LogP contribution in [0.3, 0.4) is 0 Å². The minimum Gasteiger partial charge on any atom is -0.323 e. The fourth-order valence-electron chi connectivity index (χ4n) is 3.15. The summed E-state index contributed by atoms with van der Waals surface area (Å²) in [6, 6.07) is 12.5. The Balaban J connectivity index is 1.70. The zero-order valence-corrected chi connectivity index (χ0v) is 19.5. The summed E-state index contributed by atoms with van der Waals surface area (Å²) in [6.45, 7) is 1.76. The van der Waals surface area contributed by atoms with Crippen molar-refractivity contribution in [3.05, 3.63) is 78.5 Å². The SMILES string of the molecule is Cc1sc2ncn(CC(=O)Nc3cc(Cl)ccc3Cl)c(=O)c2c1-c1ccc(Br)cc1. The van der Waals surface area contributed by atoms with Gasteiger partial charge in [-0.3, -0.25) is 14.2 Å². The van der Waals surface area contributed by atoms with E-state index in [9.17, 15) is 9.59 Å². The van der Waals surface area contributed by atoms with Crippen molar-refractivity contribution >= 4 is 72.3 Å². The highest BCUT2D eigenvalue weighted by atomic mass is 79.9. The third-order valence-corrected chi connectivity index (χ3v) is 6.61. The van der Waals surface area contributed by atoms with Crippen molar-refractivity contribution in [1.82, 2.24) is 9.55 Å². The Hall–Kier alpha value is -2.19. The number of hydrogen-bond donors (Lipinski definition) is 1. The summed E-state index contributed by atoms with van der Waals surface area (Å²) < 4.78 is 2.25. The van der Waals surface area contributed by atoms with Gasteiger partial charge in [0.1, 0.15) is 11.4 Å². The quantitative estimate of drug-likeness (QED) is 0.350. The van der Waals surface area contributed by atoms with Crippen LogP contribution < -0.4 is 10.9 Å². The summed E-state index contributed by atoms with van der Waals surface area (Å²) in [5.74, 6) is -0.403. The van der Waals surface area contributed by atoms with E-state index < -0.39 is 5.91 Å². The third kappa shape index (κ3) is 4.16. The van der Waals surface area contributed by atoms with Crippen LogP contribution in [-0.4, -0.2) is 15.5 Å². The second kappa shape index (κ2) is 8.51. The highest BCUT2D eigenvalue weighted by molar-refractivity contribution is 9.10. The molecule has 0 fully saturated rings. The first-order valence-electron chi connectivity index (χ1n) is 8.83. The van der Waals surface area contributed by atoms with E-state index in [0.717, 1.165) is 20.5 Å². The molecule has 4 rings (SSSR count). The second-order valence-electron chi connectivity index (χ2n) is 6.57. The molecule has 0 aliphatic carbocycles. The number of benzene rings is 2. The van der Waals surface area contributed by atoms with E-state index >= 15 is 0 Å². The lowest BCUT2D eigenvalue weighted by atomic mass is 10.0. The van der Waals surface area contributed by atoms with E-state index in [4.69, 9.17) is 23.2 Å². The largest absolute Gasteiger partial charge is 0.323 e. The Morgan fingerprint density at radius 3 is 2.67 bits per heavy atom. The predicted octanol–water partition coefficient (Wildman–Crippen LogP) is 6.14. The van der Waals surface area contributed by atoms with Crippen molar-refractivity contribution in [2.75, 3.05) is 5.32 Å². The van der Waals surface area contributed by atoms with Crippen LogP contribution >= 0.6 is 50.5 Å². The van der Waals surface area contributed by atoms with Gasteiger partial charge in [-0.1, -0.05) is 51.3 Å². The second-order valence-corrected chi connectivity index (χ2v) is 9.53. The van der Waals surface area contributed by atoms with E-state index in [1.807, 2.05) is 31.2 Å². The monoisotopic (exact) mass is 521 g/mol. The Bertz CT molecular complexity index is 1330. The van der Waals surface area contributed by atoms with Crippen molar-refractivity contribution in [3.63, 3.8) is 0 Å². The Kier molecular flexibility index (Phi) is 5.97. The van der Waals surface area contributed by atoms with Gasteiger partial charge >= 0.3 is 0 Å². The first-order valence-corrected chi connectivity index (χ1v) is 11.2. The average Bonchev–Trinajstić information content (AvgIpc) is 3.04. The van der Waals surface area contributed by atoms with Crippen LogP contribution in [0.4, 0.5) is 5.69 Å². The number of aromatic nitrogens is 2. The van der Waals surface area contributed by atoms with Gasteiger partial charge in [0, 0.05) is 19.9 Å². The molecule has 0 bridgehead atoms. The maximum atomic E-state index is 13.2. The Morgan fingerprint density at radius 1 is 1.20 bits per heavy atom. The van der Waals surface area contributed by atoms with Crippen LogP contribution in [0, 0.1) is 6.92 Å². The number of carbonyl (C=O) groups is 1. The third-order valence-electron chi connectivity index (χ3n) is 4.50. The molecule has 2 aromatic carbocycles. The lowest BCUT2D eigenvalue weighted by Gasteiger charge is -2.09. The summed E-state index contributed by atoms with van der Waals surface area (Å²) in [5.41, 5.74) is 1.88. The van der Waals surface area contributed by atoms with Crippen LogP contribution in [0.2, 0.25) is 10.0 Å². The maximum Gasteiger partial charge on any atom is 0.263 e. The van der Waals surface area contributed by atoms with E-state index in [1.54, 1.807) is 18.2 Å². The fourth-order valence-corrected chi connectivity index (χ4v) is 4.76. The smallest absolute Gasteiger partial charge is 0.263 e. The van der Waals surface area contributed by atoms with E-state index in [1.165, 1.54) is 22.2 Å². The molecule has 0 unspecified atom stereocenters. The van der Waals surface area contributed by atoms with Crippen molar-refractivity contribution < 1.29 is 4.79 Å². The number of anilines is 1. The number of hydrogen-bond acceptors (Lipinski definition) is 4. The summed E-state index contributed by atoms with van der Waals surface area (Å²) in [4.78, 5) is 31.8. The van der Waals surface area contributed by atoms with Crippen LogP contribution in [0.1, 0.15) is 4.88 Å². The number of amides is 1. The number of fused-ring (bicyclic) bond motifs is 1. The standard InChI is InChI=1S/C21H14BrCl2N3O2S/c1-11-18(12-2-4-13(22)5-3-12)19-20(30-11)25-10-27(21(19)29)9-17(28)26-16-8-14(23)6-7-15(16)24/h2-8,10H,9H2,1H3,(H,26,28). The zero-order chi connectivity index (χ0) is 21.4. The minimum absolute atomic E-state index is 0.195. The van der Waals surface area contributed by atoms with Crippen LogP contribution in [0.15, 0.2) is 58.1 Å². The molecule has 5 nitrogen and oxygen atoms in total. The van der Waals surface area contributed by atoms with Crippen molar-refractivity contribution in [3.8, 4) is 11.1 Å². The van der Waals surface area contributed by atoms with Gasteiger partial charge in [-0.25, -0.2) is 4.98 Å². The van der Waals surface area contributed by atoms with Gasteiger partial charge in [-0.15, -0.1) is 11.3 Å². The number of nitrogens with one attached hydrogen (secondary N) is 1. The normalized spacial score (nSPS) is 11.1. The van der Waals surface area contributed by atoms with Gasteiger partial charge in [-0.05, 0) is 42.8 Å². The highest BCUT2D eigenvalue weighted by Gasteiger charge is 2.18. The van der Waals surface area contributed by atoms with Crippen LogP contribution in [0.5, 0.6) is 0 Å². The number of halogens is 3. The number of thiophene rings is 1. The first kappa shape index (κ1) is 21.1. The van der Waals surface area contributed by atoms with Crippen LogP contribution in [0.25, 0.3) is 21.3 Å². The predicted molar refractivity (Wildman–Crippen MR) is 127 cm³/mol. The fraction of sp³-hybridized carbons (Fsp3) is 0.0952. The van der Waals surface area contributed by atoms with Crippen LogP contribution in [-0.2, 0) is 11.3 Å². The molecule has 0 radical (unpaired) electrons. The molecule has 30 heavy (non-hydrogen) atoms. The van der Waals surface area contributed by atoms with Gasteiger partial charge in [0.05, 0.1) is 22.4 Å². The van der Waals surface area contributed by atoms with Gasteiger partial charge in [0.2, 0.25) is 5.91 Å². The topological polar surface area (TPSA) is 64.0 Å². The molecule has 0 aliphatic rings. The maximum absolute atomic E-state index is 13.2. The molecular weight excluding hydrogens is 509 g/mol. The Morgan fingerprint density at radius 2 is 1.93 bits per heavy atom. The Labute approximate surface area is 194 Å². The number of rotatable bonds is 4. The minimum atomic E-state index is -0.403. The molecule has 152 valence electrons. The molecular formula is C21H14BrCl2N3O2S. The van der Waals surface area contributed by atoms with E-state index in [-0.39, 0.29) is 12.1 Å². The lowest BCUT2D eigenvalue weighted by Crippen LogP contribution is -2.27. The molecule has 1 N–H and O–H groups in total. The van der Waals surface area contributed by atoms with Gasteiger partial charge in [-0.2, -0.15) is 0 Å². The van der Waals surface area contributed by atoms with Crippen molar-refractivity contribution in [2.24, 2.45) is 0 Å². The summed E-state index contributed by atoms with van der Waals surface area (Å²) in [5, 5.41) is 4.01. The molecule has 0 saturated carbocycles. The molecule has 0 aliphatic heterocycles. The summed E-state index contributed by atoms with van der Waals surface area (Å²) in [6.07, 6.45) is 1.39. The van der Waals surface area contributed by atoms with Crippen molar-refractivity contribution in [2.45, 2.75) is 13.5 Å². The first-order chi connectivity index (χ1) is 14.3. The van der Waals surface area contributed by atoms with Gasteiger partial charge in [0.25, 0.3) is 5.56 Å². The van der Waals surface area contributed by atoms with E-state index in [2.05, 4.69) is 26.2 Å². The molecule has 2 heterocycles. The average molecular weight is 523 g/mol. The zero-order valence-electron chi connectivity index (χ0n) is 15.6. The lowest BCUT2D eigenvalue weighted by molar-refractivity contribution is -0.116. The molecule has 0 atom stereocenters. The molecule has 4 aromatic rings. The molecule has 0 spiro atoms. The summed E-state index contributed by atoms with van der Waals surface area (Å²) >= 11 is 16.9. The molecule has 2 aromatic heterocycles. The van der Waals surface area contributed by atoms with E-state index in [0.29, 0.717) is 25.9 Å². The van der Waals surface area contributed by atoms with Gasteiger partial charge < -0.3 is 5.32 Å². The molecule has 9 heteroatoms. The number of carbonyl (C=O) groups excluding carboxylic acids is 1.